The fraction of sp³-hybridized carbons (Fsp3) is 0.643. The molecular weight excluding hydrogens is 364 g/mol. The summed E-state index contributed by atoms with van der Waals surface area (Å²) < 4.78 is 11.5. The molecule has 0 bridgehead atoms. The molecule has 0 saturated carbocycles. The second-order valence-corrected chi connectivity index (χ2v) is 6.05. The zero-order valence-electron chi connectivity index (χ0n) is 14.3. The normalized spacial score (nSPS) is 25.9. The quantitative estimate of drug-likeness (QED) is 0.264. The monoisotopic (exact) mass is 386 g/mol. The zero-order chi connectivity index (χ0) is 20.1. The molecule has 2 amide bonds. The first-order valence-electron chi connectivity index (χ1n) is 8.13. The van der Waals surface area contributed by atoms with Gasteiger partial charge in [-0.3, -0.25) is 14.4 Å². The van der Waals surface area contributed by atoms with E-state index in [1.54, 1.807) is 0 Å². The number of esters is 1. The number of rotatable bonds is 9. The average molecular weight is 386 g/mol. The molecule has 8 N–H and O–H groups in total. The van der Waals surface area contributed by atoms with E-state index in [0.29, 0.717) is 6.42 Å². The minimum atomic E-state index is -1.40. The van der Waals surface area contributed by atoms with E-state index in [0.717, 1.165) is 11.0 Å². The van der Waals surface area contributed by atoms with Crippen molar-refractivity contribution in [1.82, 2.24) is 14.8 Å². The average Bonchev–Trinajstić information content (AvgIpc) is 3.19. The molecule has 13 heteroatoms. The van der Waals surface area contributed by atoms with Gasteiger partial charge >= 0.3 is 5.97 Å². The van der Waals surface area contributed by atoms with E-state index in [4.69, 9.17) is 26.7 Å². The van der Waals surface area contributed by atoms with E-state index in [1.807, 2.05) is 0 Å². The van der Waals surface area contributed by atoms with Crippen molar-refractivity contribution < 1.29 is 34.1 Å². The lowest BCUT2D eigenvalue weighted by atomic mass is 10.1. The lowest BCUT2D eigenvalue weighted by Crippen LogP contribution is -2.38. The maximum absolute atomic E-state index is 11.9. The van der Waals surface area contributed by atoms with Gasteiger partial charge in [0.2, 0.25) is 11.7 Å². The van der Waals surface area contributed by atoms with Crippen LogP contribution in [0.4, 0.5) is 0 Å². The number of primary amides is 2. The predicted octanol–water partition coefficient (Wildman–Crippen LogP) is -3.48. The third-order valence-corrected chi connectivity index (χ3v) is 3.96. The van der Waals surface area contributed by atoms with Gasteiger partial charge in [-0.1, -0.05) is 0 Å². The van der Waals surface area contributed by atoms with Gasteiger partial charge in [-0.15, -0.1) is 5.10 Å². The van der Waals surface area contributed by atoms with Crippen LogP contribution >= 0.6 is 0 Å². The summed E-state index contributed by atoms with van der Waals surface area (Å²) in [7, 11) is 0. The van der Waals surface area contributed by atoms with Gasteiger partial charge in [0.25, 0.3) is 5.91 Å². The highest BCUT2D eigenvalue weighted by molar-refractivity contribution is 5.88. The van der Waals surface area contributed by atoms with Crippen LogP contribution in [0.25, 0.3) is 0 Å². The summed E-state index contributed by atoms with van der Waals surface area (Å²) in [5.41, 5.74) is 15.7. The molecule has 1 fully saturated rings. The minimum absolute atomic E-state index is 0.102. The summed E-state index contributed by atoms with van der Waals surface area (Å²) in [6.07, 6.45) is -3.22. The minimum Gasteiger partial charge on any atom is -0.462 e. The lowest BCUT2D eigenvalue weighted by molar-refractivity contribution is -0.152. The van der Waals surface area contributed by atoms with Crippen molar-refractivity contribution in [2.24, 2.45) is 17.2 Å². The van der Waals surface area contributed by atoms with E-state index in [1.165, 1.54) is 0 Å². The van der Waals surface area contributed by atoms with Crippen LogP contribution in [0.2, 0.25) is 0 Å². The summed E-state index contributed by atoms with van der Waals surface area (Å²) >= 11 is 0. The number of carbonyl (C=O) groups is 3. The van der Waals surface area contributed by atoms with Gasteiger partial charge in [0.1, 0.15) is 37.3 Å². The second-order valence-electron chi connectivity index (χ2n) is 6.05. The highest BCUT2D eigenvalue weighted by atomic mass is 16.6. The van der Waals surface area contributed by atoms with E-state index in [9.17, 15) is 24.6 Å². The number of amides is 2. The van der Waals surface area contributed by atoms with Crippen molar-refractivity contribution in [3.05, 3.63) is 12.2 Å². The number of carbonyl (C=O) groups excluding carboxylic acids is 3. The van der Waals surface area contributed by atoms with Crippen LogP contribution in [0.5, 0.6) is 0 Å². The Labute approximate surface area is 153 Å². The van der Waals surface area contributed by atoms with Crippen molar-refractivity contribution >= 4 is 17.8 Å². The molecule has 2 heterocycles. The van der Waals surface area contributed by atoms with Gasteiger partial charge in [0, 0.05) is 6.42 Å². The van der Waals surface area contributed by atoms with Crippen molar-refractivity contribution in [1.29, 1.82) is 0 Å². The highest BCUT2D eigenvalue weighted by Crippen LogP contribution is 2.29. The molecule has 1 aromatic rings. The van der Waals surface area contributed by atoms with Crippen LogP contribution in [0.3, 0.4) is 0 Å². The number of aliphatic hydroxyl groups excluding tert-OH is 2. The Morgan fingerprint density at radius 2 is 2.00 bits per heavy atom. The predicted molar refractivity (Wildman–Crippen MR) is 86.4 cm³/mol. The molecule has 1 aromatic heterocycles. The molecule has 2 rings (SSSR count). The van der Waals surface area contributed by atoms with Gasteiger partial charge in [-0.25, -0.2) is 9.67 Å². The van der Waals surface area contributed by atoms with Crippen molar-refractivity contribution in [3.63, 3.8) is 0 Å². The highest BCUT2D eigenvalue weighted by Gasteiger charge is 2.45. The van der Waals surface area contributed by atoms with E-state index < -0.39 is 48.4 Å². The Morgan fingerprint density at radius 1 is 1.30 bits per heavy atom. The van der Waals surface area contributed by atoms with E-state index in [-0.39, 0.29) is 25.3 Å². The molecule has 13 nitrogen and oxygen atoms in total. The van der Waals surface area contributed by atoms with Gasteiger partial charge in [0.05, 0.1) is 0 Å². The Kier molecular flexibility index (Phi) is 6.79. The Morgan fingerprint density at radius 3 is 2.59 bits per heavy atom. The molecule has 1 aliphatic rings. The first-order chi connectivity index (χ1) is 12.7. The number of hydrogen-bond acceptors (Lipinski definition) is 10. The molecule has 27 heavy (non-hydrogen) atoms. The molecule has 1 aliphatic heterocycles. The largest absolute Gasteiger partial charge is 0.462 e. The molecule has 5 atom stereocenters. The standard InChI is InChI=1S/C14H22N6O7/c15-6(2-1-3-8(16)21)14(25)26-4-7-9(22)10(23)13(27-7)20-5-18-12(19-20)11(17)24/h5-7,9-10,13,22-23H,1-4,15H2,(H2,16,21)(H2,17,24)/t6-,7+,9+,10+,13+/m0/s1. The molecule has 0 aliphatic carbocycles. The van der Waals surface area contributed by atoms with Gasteiger partial charge in [-0.2, -0.15) is 0 Å². The first kappa shape index (κ1) is 20.7. The molecule has 1 saturated heterocycles. The number of aromatic nitrogens is 3. The Balaban J connectivity index is 1.87. The van der Waals surface area contributed by atoms with Crippen molar-refractivity contribution in [2.75, 3.05) is 6.61 Å². The lowest BCUT2D eigenvalue weighted by Gasteiger charge is -2.16. The molecule has 150 valence electrons. The van der Waals surface area contributed by atoms with Crippen molar-refractivity contribution in [2.45, 2.75) is 49.8 Å². The van der Waals surface area contributed by atoms with Crippen LogP contribution in [-0.4, -0.2) is 73.7 Å². The topological polar surface area (TPSA) is 219 Å². The van der Waals surface area contributed by atoms with Crippen LogP contribution < -0.4 is 17.2 Å². The van der Waals surface area contributed by atoms with Gasteiger partial charge < -0.3 is 36.9 Å². The van der Waals surface area contributed by atoms with Crippen LogP contribution in [0, 0.1) is 0 Å². The van der Waals surface area contributed by atoms with Crippen LogP contribution in [-0.2, 0) is 19.1 Å². The molecule has 0 radical (unpaired) electrons. The second kappa shape index (κ2) is 8.85. The fourth-order valence-electron chi connectivity index (χ4n) is 2.48. The zero-order valence-corrected chi connectivity index (χ0v) is 14.3. The number of ether oxygens (including phenoxy) is 2. The smallest absolute Gasteiger partial charge is 0.323 e. The summed E-state index contributed by atoms with van der Waals surface area (Å²) in [6.45, 7) is -0.367. The SMILES string of the molecule is NC(=O)CCC[C@H](N)C(=O)OC[C@H]1O[C@@H](n2cnc(C(N)=O)n2)[C@H](O)[C@@H]1O. The number of aliphatic hydroxyl groups is 2. The van der Waals surface area contributed by atoms with Crippen molar-refractivity contribution in [3.8, 4) is 0 Å². The summed E-state index contributed by atoms with van der Waals surface area (Å²) in [4.78, 5) is 37.2. The fourth-order valence-corrected chi connectivity index (χ4v) is 2.48. The molecule has 0 spiro atoms. The maximum Gasteiger partial charge on any atom is 0.323 e. The summed E-state index contributed by atoms with van der Waals surface area (Å²) in [6, 6.07) is -0.961. The molecule has 0 aromatic carbocycles. The first-order valence-corrected chi connectivity index (χ1v) is 8.13. The third kappa shape index (κ3) is 5.19. The van der Waals surface area contributed by atoms with Gasteiger partial charge in [-0.05, 0) is 12.8 Å². The maximum atomic E-state index is 11.9. The van der Waals surface area contributed by atoms with E-state index >= 15 is 0 Å². The Bertz CT molecular complexity index is 695. The third-order valence-electron chi connectivity index (χ3n) is 3.96. The summed E-state index contributed by atoms with van der Waals surface area (Å²) in [5, 5.41) is 23.9. The number of nitrogens with zero attached hydrogens (tertiary/aromatic N) is 3. The van der Waals surface area contributed by atoms with E-state index in [2.05, 4.69) is 10.1 Å². The number of hydrogen-bond donors (Lipinski definition) is 5. The number of nitrogens with two attached hydrogens (primary N) is 3. The van der Waals surface area contributed by atoms with Crippen LogP contribution in [0.15, 0.2) is 6.33 Å². The van der Waals surface area contributed by atoms with Gasteiger partial charge in [0.15, 0.2) is 6.23 Å². The Hall–Kier alpha value is -2.61. The molecular formula is C14H22N6O7. The summed E-state index contributed by atoms with van der Waals surface area (Å²) in [5.74, 6) is -2.38. The molecule has 0 unspecified atom stereocenters. The van der Waals surface area contributed by atoms with Crippen LogP contribution in [0.1, 0.15) is 36.1 Å².